The number of Topliss-reactive ketones (excluding diaryl/α,β-unsaturated/α-hetero) is 2. The first kappa shape index (κ1) is 23.7. The highest BCUT2D eigenvalue weighted by Gasteiger charge is 2.67. The van der Waals surface area contributed by atoms with Crippen LogP contribution in [0.5, 0.6) is 5.75 Å². The summed E-state index contributed by atoms with van der Waals surface area (Å²) >= 11 is 0. The summed E-state index contributed by atoms with van der Waals surface area (Å²) in [5, 5.41) is 55.4. The van der Waals surface area contributed by atoms with E-state index < -0.39 is 87.2 Å². The Kier molecular flexibility index (Phi) is 5.08. The van der Waals surface area contributed by atoms with Gasteiger partial charge in [0, 0.05) is 17.4 Å². The van der Waals surface area contributed by atoms with Crippen molar-refractivity contribution in [3.8, 4) is 5.75 Å². The van der Waals surface area contributed by atoms with E-state index in [-0.39, 0.29) is 11.1 Å². The van der Waals surface area contributed by atoms with Gasteiger partial charge in [-0.2, -0.15) is 0 Å². The molecule has 2 aromatic carbocycles. The smallest absolute Gasteiger partial charge is 0.255 e. The number of rotatable bonds is 2. The number of aliphatic hydroxyl groups excluding tert-OH is 3. The highest BCUT2D eigenvalue weighted by atomic mass is 19.1. The van der Waals surface area contributed by atoms with E-state index in [0.29, 0.717) is 5.56 Å². The molecule has 3 aliphatic rings. The van der Waals surface area contributed by atoms with Crippen molar-refractivity contribution in [3.63, 3.8) is 0 Å². The molecule has 9 N–H and O–H groups in total. The van der Waals surface area contributed by atoms with Crippen molar-refractivity contribution in [2.75, 3.05) is 0 Å². The second kappa shape index (κ2) is 7.72. The molecule has 0 aliphatic heterocycles. The summed E-state index contributed by atoms with van der Waals surface area (Å²) in [6.07, 6.45) is -1.84. The number of hydrogen-bond acceptors (Lipinski definition) is 9. The minimum absolute atomic E-state index is 0.171. The lowest BCUT2D eigenvalue weighted by Crippen LogP contribution is -2.70. The zero-order valence-electron chi connectivity index (χ0n) is 18.4. The second-order valence-corrected chi connectivity index (χ2v) is 9.15. The molecule has 11 heteroatoms. The first-order valence-corrected chi connectivity index (χ1v) is 10.9. The SMILES string of the molecule is NC(=O)C1=C(O)[C@@]2(O)C(=O)C3=C(O)c4c(O)cccc4[C@@H](c4ccc(F)cc4)[C@H]3[C@H](O)[C@H]2[C@H](N)C1=O. The van der Waals surface area contributed by atoms with Crippen LogP contribution in [0.4, 0.5) is 4.39 Å². The van der Waals surface area contributed by atoms with Crippen LogP contribution in [0.25, 0.3) is 5.76 Å². The summed E-state index contributed by atoms with van der Waals surface area (Å²) in [6.45, 7) is 0. The van der Waals surface area contributed by atoms with E-state index in [0.717, 1.165) is 12.1 Å². The standard InChI is InChI=1S/C25H21FN2O8/c26-9-6-4-8(5-7-9)12-10-2-1-3-11(29)13(10)19(30)15-14(12)20(31)17-18(27)21(32)16(24(28)35)23(34)25(17,36)22(15)33/h1-7,12,14,17-18,20,29-31,34,36H,27H2,(H2,28,35)/t12-,14-,17-,18+,20+,25+/m1/s1. The normalized spacial score (nSPS) is 31.6. The van der Waals surface area contributed by atoms with Gasteiger partial charge >= 0.3 is 0 Å². The Morgan fingerprint density at radius 3 is 2.28 bits per heavy atom. The Morgan fingerprint density at radius 1 is 1.03 bits per heavy atom. The van der Waals surface area contributed by atoms with Crippen LogP contribution in [-0.2, 0) is 14.4 Å². The zero-order valence-corrected chi connectivity index (χ0v) is 18.4. The number of benzene rings is 2. The number of primary amides is 1. The third-order valence-corrected chi connectivity index (χ3v) is 7.41. The molecular weight excluding hydrogens is 475 g/mol. The van der Waals surface area contributed by atoms with Crippen LogP contribution in [0.1, 0.15) is 22.6 Å². The predicted molar refractivity (Wildman–Crippen MR) is 121 cm³/mol. The molecule has 10 nitrogen and oxygen atoms in total. The number of hydrogen-bond donors (Lipinski definition) is 7. The van der Waals surface area contributed by atoms with Crippen molar-refractivity contribution in [1.29, 1.82) is 0 Å². The van der Waals surface area contributed by atoms with Gasteiger partial charge in [-0.25, -0.2) is 4.39 Å². The highest BCUT2D eigenvalue weighted by molar-refractivity contribution is 6.24. The van der Waals surface area contributed by atoms with E-state index >= 15 is 0 Å². The zero-order chi connectivity index (χ0) is 26.3. The minimum atomic E-state index is -3.08. The van der Waals surface area contributed by atoms with Crippen LogP contribution in [-0.4, -0.2) is 60.8 Å². The van der Waals surface area contributed by atoms with Gasteiger partial charge in [-0.05, 0) is 29.3 Å². The van der Waals surface area contributed by atoms with Crippen LogP contribution >= 0.6 is 0 Å². The van der Waals surface area contributed by atoms with Crippen molar-refractivity contribution in [1.82, 2.24) is 0 Å². The number of aliphatic hydroxyl groups is 4. The number of carbonyl (C=O) groups is 3. The number of fused-ring (bicyclic) bond motifs is 3. The third kappa shape index (κ3) is 2.84. The average Bonchev–Trinajstić information content (AvgIpc) is 2.82. The number of ketones is 2. The van der Waals surface area contributed by atoms with Gasteiger partial charge in [0.25, 0.3) is 5.91 Å². The van der Waals surface area contributed by atoms with E-state index in [2.05, 4.69) is 0 Å². The van der Waals surface area contributed by atoms with Crippen molar-refractivity contribution < 1.29 is 44.3 Å². The Hall–Kier alpha value is -4.06. The molecule has 0 bridgehead atoms. The van der Waals surface area contributed by atoms with Gasteiger partial charge in [-0.3, -0.25) is 14.4 Å². The number of amides is 1. The largest absolute Gasteiger partial charge is 0.508 e. The number of halogens is 1. The number of carbonyl (C=O) groups excluding carboxylic acids is 3. The number of phenols is 1. The van der Waals surface area contributed by atoms with Crippen LogP contribution in [0, 0.1) is 17.7 Å². The molecule has 0 aromatic heterocycles. The molecule has 2 aromatic rings. The molecule has 0 saturated heterocycles. The topological polar surface area (TPSA) is 204 Å². The maximum absolute atomic E-state index is 13.8. The molecule has 1 amide bonds. The van der Waals surface area contributed by atoms with Crippen LogP contribution in [0.3, 0.4) is 0 Å². The number of aromatic hydroxyl groups is 1. The van der Waals surface area contributed by atoms with Crippen LogP contribution in [0.15, 0.2) is 59.4 Å². The molecule has 6 atom stereocenters. The predicted octanol–water partition coefficient (Wildman–Crippen LogP) is 0.0604. The summed E-state index contributed by atoms with van der Waals surface area (Å²) in [7, 11) is 0. The number of phenolic OH excluding ortho intramolecular Hbond substituents is 1. The van der Waals surface area contributed by atoms with Gasteiger partial charge in [-0.1, -0.05) is 24.3 Å². The lowest BCUT2D eigenvalue weighted by Gasteiger charge is -2.52. The highest BCUT2D eigenvalue weighted by Crippen LogP contribution is 2.56. The quantitative estimate of drug-likeness (QED) is 0.280. The Labute approximate surface area is 202 Å². The molecule has 5 rings (SSSR count). The van der Waals surface area contributed by atoms with Crippen molar-refractivity contribution in [3.05, 3.63) is 81.9 Å². The summed E-state index contributed by atoms with van der Waals surface area (Å²) in [6, 6.07) is 7.49. The van der Waals surface area contributed by atoms with Crippen LogP contribution < -0.4 is 11.5 Å². The van der Waals surface area contributed by atoms with Crippen molar-refractivity contribution >= 4 is 23.2 Å². The molecule has 0 heterocycles. The van der Waals surface area contributed by atoms with Crippen molar-refractivity contribution in [2.45, 2.75) is 23.7 Å². The summed E-state index contributed by atoms with van der Waals surface area (Å²) in [4.78, 5) is 38.5. The van der Waals surface area contributed by atoms with E-state index in [1.165, 1.54) is 30.3 Å². The number of nitrogens with two attached hydrogens (primary N) is 2. The minimum Gasteiger partial charge on any atom is -0.508 e. The molecule has 36 heavy (non-hydrogen) atoms. The first-order chi connectivity index (χ1) is 16.9. The first-order valence-electron chi connectivity index (χ1n) is 10.9. The fourth-order valence-corrected chi connectivity index (χ4v) is 5.85. The third-order valence-electron chi connectivity index (χ3n) is 7.41. The Bertz CT molecular complexity index is 1420. The lowest BCUT2D eigenvalue weighted by molar-refractivity contribution is -0.162. The van der Waals surface area contributed by atoms with Gasteiger partial charge in [0.15, 0.2) is 11.4 Å². The fourth-order valence-electron chi connectivity index (χ4n) is 5.85. The molecule has 0 radical (unpaired) electrons. The summed E-state index contributed by atoms with van der Waals surface area (Å²) < 4.78 is 13.7. The summed E-state index contributed by atoms with van der Waals surface area (Å²) in [5.41, 5.74) is 6.93. The monoisotopic (exact) mass is 496 g/mol. The second-order valence-electron chi connectivity index (χ2n) is 9.15. The van der Waals surface area contributed by atoms with E-state index in [9.17, 15) is 44.3 Å². The van der Waals surface area contributed by atoms with Gasteiger partial charge in [0.2, 0.25) is 5.78 Å². The van der Waals surface area contributed by atoms with Gasteiger partial charge in [0.05, 0.1) is 23.6 Å². The Balaban J connectivity index is 1.84. The fraction of sp³-hybridized carbons (Fsp3) is 0.240. The average molecular weight is 496 g/mol. The van der Waals surface area contributed by atoms with Gasteiger partial charge < -0.3 is 37.0 Å². The molecule has 3 aliphatic carbocycles. The molecule has 186 valence electrons. The van der Waals surface area contributed by atoms with Gasteiger partial charge in [0.1, 0.15) is 28.7 Å². The Morgan fingerprint density at radius 2 is 1.67 bits per heavy atom. The maximum Gasteiger partial charge on any atom is 0.255 e. The van der Waals surface area contributed by atoms with Crippen LogP contribution in [0.2, 0.25) is 0 Å². The molecule has 0 spiro atoms. The maximum atomic E-state index is 13.8. The molecule has 1 saturated carbocycles. The van der Waals surface area contributed by atoms with E-state index in [1.807, 2.05) is 0 Å². The van der Waals surface area contributed by atoms with Crippen molar-refractivity contribution in [2.24, 2.45) is 23.3 Å². The molecular formula is C25H21FN2O8. The van der Waals surface area contributed by atoms with E-state index in [4.69, 9.17) is 11.5 Å². The lowest BCUT2D eigenvalue weighted by atomic mass is 9.53. The summed E-state index contributed by atoms with van der Waals surface area (Å²) in [5.74, 6) is -11.2. The van der Waals surface area contributed by atoms with Gasteiger partial charge in [-0.15, -0.1) is 0 Å². The molecule has 1 fully saturated rings. The molecule has 0 unspecified atom stereocenters. The van der Waals surface area contributed by atoms with E-state index in [1.54, 1.807) is 0 Å².